The highest BCUT2D eigenvalue weighted by atomic mass is 79.9. The second-order valence-electron chi connectivity index (χ2n) is 9.52. The number of halogens is 2. The fourth-order valence-electron chi connectivity index (χ4n) is 5.15. The molecular formula is C32H22Br2N2O4. The molecule has 5 aromatic rings. The molecule has 0 saturated heterocycles. The van der Waals surface area contributed by atoms with Crippen LogP contribution in [0.25, 0.3) is 21.9 Å². The molecule has 1 aliphatic heterocycles. The number of Topliss-reactive ketones (excluding diaryl/α,β-unsaturated/α-hetero) is 1. The van der Waals surface area contributed by atoms with Gasteiger partial charge in [-0.3, -0.25) is 14.8 Å². The molecule has 2 atom stereocenters. The van der Waals surface area contributed by atoms with Gasteiger partial charge >= 0.3 is 0 Å². The molecule has 3 heterocycles. The van der Waals surface area contributed by atoms with Crippen molar-refractivity contribution >= 4 is 54.7 Å². The standard InChI is InChI=1S/C32H22Br2N2O4/c33-31(20-37,28-19-36-14-11-27(28)23-9-10-29-24(17-23)12-15-39-40-29)32(34,26-6-3-13-35-18-26)30(38)25-8-7-21-4-1-2-5-22(21)16-25/h1-11,13-14,16-20H,12,15H2. The number of fused-ring (bicyclic) bond motifs is 2. The highest BCUT2D eigenvalue weighted by molar-refractivity contribution is 9.12. The average Bonchev–Trinajstić information content (AvgIpc) is 3.03. The van der Waals surface area contributed by atoms with Crippen molar-refractivity contribution in [1.82, 2.24) is 9.97 Å². The molecule has 0 radical (unpaired) electrons. The van der Waals surface area contributed by atoms with Gasteiger partial charge in [0.15, 0.2) is 11.5 Å². The predicted molar refractivity (Wildman–Crippen MR) is 160 cm³/mol. The van der Waals surface area contributed by atoms with Gasteiger partial charge in [0.1, 0.15) is 14.9 Å². The van der Waals surface area contributed by atoms with E-state index in [1.165, 1.54) is 0 Å². The molecule has 0 bridgehead atoms. The fourth-order valence-corrected chi connectivity index (χ4v) is 6.64. The SMILES string of the molecule is O=CC(Br)(c1cnccc1-c1ccc2c(c1)CCOO2)C(Br)(C(=O)c1ccc2ccccc2c1)c1cccnc1. The second-order valence-corrected chi connectivity index (χ2v) is 12.0. The first kappa shape index (κ1) is 26.5. The summed E-state index contributed by atoms with van der Waals surface area (Å²) in [5.41, 5.74) is 4.07. The number of aromatic nitrogens is 2. The number of nitrogens with zero attached hydrogens (tertiary/aromatic N) is 2. The average molecular weight is 658 g/mol. The van der Waals surface area contributed by atoms with Crippen molar-refractivity contribution in [1.29, 1.82) is 0 Å². The minimum atomic E-state index is -1.58. The van der Waals surface area contributed by atoms with E-state index in [1.807, 2.05) is 60.7 Å². The third-order valence-electron chi connectivity index (χ3n) is 7.24. The Bertz CT molecular complexity index is 1750. The van der Waals surface area contributed by atoms with E-state index in [0.29, 0.717) is 35.5 Å². The first-order chi connectivity index (χ1) is 19.5. The number of carbonyl (C=O) groups excluding carboxylic acids is 2. The molecule has 8 heteroatoms. The Balaban J connectivity index is 1.56. The van der Waals surface area contributed by atoms with Crippen LogP contribution in [0, 0.1) is 0 Å². The van der Waals surface area contributed by atoms with Crippen LogP contribution in [0.1, 0.15) is 27.0 Å². The summed E-state index contributed by atoms with van der Waals surface area (Å²) in [6.45, 7) is 0.447. The Hall–Kier alpha value is -3.72. The summed E-state index contributed by atoms with van der Waals surface area (Å²) in [5.74, 6) is 0.351. The molecule has 6 nitrogen and oxygen atoms in total. The number of pyridine rings is 2. The summed E-state index contributed by atoms with van der Waals surface area (Å²) in [6, 6.07) is 24.5. The van der Waals surface area contributed by atoms with Crippen molar-refractivity contribution in [2.45, 2.75) is 15.1 Å². The van der Waals surface area contributed by atoms with Crippen LogP contribution >= 0.6 is 31.9 Å². The summed E-state index contributed by atoms with van der Waals surface area (Å²) < 4.78 is -3.16. The maximum atomic E-state index is 14.6. The van der Waals surface area contributed by atoms with Crippen LogP contribution < -0.4 is 4.89 Å². The first-order valence-corrected chi connectivity index (χ1v) is 14.2. The van der Waals surface area contributed by atoms with Gasteiger partial charge in [0.05, 0.1) is 6.61 Å². The molecule has 0 amide bonds. The van der Waals surface area contributed by atoms with Crippen LogP contribution in [0.4, 0.5) is 0 Å². The molecule has 2 aromatic heterocycles. The lowest BCUT2D eigenvalue weighted by atomic mass is 9.76. The molecule has 2 unspecified atom stereocenters. The Morgan fingerprint density at radius 1 is 0.875 bits per heavy atom. The zero-order valence-corrected chi connectivity index (χ0v) is 24.3. The largest absolute Gasteiger partial charge is 0.337 e. The normalized spacial score (nSPS) is 15.8. The summed E-state index contributed by atoms with van der Waals surface area (Å²) >= 11 is 7.59. The van der Waals surface area contributed by atoms with Gasteiger partial charge < -0.3 is 9.68 Å². The Morgan fingerprint density at radius 3 is 2.50 bits per heavy atom. The van der Waals surface area contributed by atoms with Gasteiger partial charge in [-0.2, -0.15) is 4.89 Å². The second kappa shape index (κ2) is 10.7. The number of rotatable bonds is 7. The van der Waals surface area contributed by atoms with Crippen molar-refractivity contribution in [3.05, 3.63) is 126 Å². The number of hydrogen-bond donors (Lipinski definition) is 0. The van der Waals surface area contributed by atoms with Gasteiger partial charge in [0.25, 0.3) is 0 Å². The summed E-state index contributed by atoms with van der Waals surface area (Å²) in [5, 5.41) is 1.93. The van der Waals surface area contributed by atoms with Crippen LogP contribution in [-0.4, -0.2) is 28.6 Å². The molecule has 198 valence electrons. The molecule has 0 aliphatic carbocycles. The Labute approximate surface area is 247 Å². The topological polar surface area (TPSA) is 78.4 Å². The maximum absolute atomic E-state index is 14.6. The number of hydrogen-bond acceptors (Lipinski definition) is 6. The lowest BCUT2D eigenvalue weighted by molar-refractivity contribution is -0.215. The van der Waals surface area contributed by atoms with Gasteiger partial charge in [0.2, 0.25) is 0 Å². The van der Waals surface area contributed by atoms with Gasteiger partial charge in [-0.1, -0.05) is 80.4 Å². The number of ketones is 1. The van der Waals surface area contributed by atoms with Crippen LogP contribution in [0.3, 0.4) is 0 Å². The van der Waals surface area contributed by atoms with E-state index in [1.54, 1.807) is 43.0 Å². The lowest BCUT2D eigenvalue weighted by Crippen LogP contribution is -2.48. The number of aldehydes is 1. The van der Waals surface area contributed by atoms with Gasteiger partial charge in [0, 0.05) is 47.9 Å². The van der Waals surface area contributed by atoms with E-state index in [2.05, 4.69) is 41.8 Å². The quantitative estimate of drug-likeness (QED) is 0.0802. The Kier molecular flexibility index (Phi) is 7.08. The molecule has 0 N–H and O–H groups in total. The number of carbonyl (C=O) groups is 2. The van der Waals surface area contributed by atoms with Gasteiger partial charge in [-0.25, -0.2) is 0 Å². The van der Waals surface area contributed by atoms with E-state index in [4.69, 9.17) is 9.78 Å². The van der Waals surface area contributed by atoms with E-state index < -0.39 is 8.65 Å². The minimum absolute atomic E-state index is 0.305. The number of alkyl halides is 2. The Morgan fingerprint density at radius 2 is 1.70 bits per heavy atom. The molecule has 40 heavy (non-hydrogen) atoms. The van der Waals surface area contributed by atoms with E-state index in [0.717, 1.165) is 33.7 Å². The highest BCUT2D eigenvalue weighted by Gasteiger charge is 2.57. The summed E-state index contributed by atoms with van der Waals surface area (Å²) in [7, 11) is 0. The van der Waals surface area contributed by atoms with Crippen LogP contribution in [0.2, 0.25) is 0 Å². The van der Waals surface area contributed by atoms with Crippen molar-refractivity contribution in [3.8, 4) is 16.9 Å². The van der Waals surface area contributed by atoms with Crippen molar-refractivity contribution < 1.29 is 19.4 Å². The lowest BCUT2D eigenvalue weighted by Gasteiger charge is -2.40. The van der Waals surface area contributed by atoms with Crippen LogP contribution in [0.15, 0.2) is 104 Å². The third-order valence-corrected chi connectivity index (χ3v) is 10.4. The first-order valence-electron chi connectivity index (χ1n) is 12.6. The molecular weight excluding hydrogens is 636 g/mol. The molecule has 3 aromatic carbocycles. The summed E-state index contributed by atoms with van der Waals surface area (Å²) in [4.78, 5) is 47.0. The highest BCUT2D eigenvalue weighted by Crippen LogP contribution is 2.55. The van der Waals surface area contributed by atoms with Crippen molar-refractivity contribution in [2.75, 3.05) is 6.61 Å². The van der Waals surface area contributed by atoms with Crippen LogP contribution in [-0.2, 0) is 24.8 Å². The minimum Gasteiger partial charge on any atom is -0.337 e. The van der Waals surface area contributed by atoms with Crippen molar-refractivity contribution in [2.24, 2.45) is 0 Å². The van der Waals surface area contributed by atoms with Crippen molar-refractivity contribution in [3.63, 3.8) is 0 Å². The third kappa shape index (κ3) is 4.36. The van der Waals surface area contributed by atoms with Gasteiger partial charge in [-0.15, -0.1) is 0 Å². The van der Waals surface area contributed by atoms with Crippen LogP contribution in [0.5, 0.6) is 5.75 Å². The van der Waals surface area contributed by atoms with E-state index in [-0.39, 0.29) is 5.78 Å². The van der Waals surface area contributed by atoms with E-state index in [9.17, 15) is 9.59 Å². The predicted octanol–water partition coefficient (Wildman–Crippen LogP) is 7.13. The molecule has 1 aliphatic rings. The zero-order chi connectivity index (χ0) is 27.7. The fraction of sp³-hybridized carbons (Fsp3) is 0.125. The summed E-state index contributed by atoms with van der Waals surface area (Å²) in [6.07, 6.45) is 7.96. The number of benzene rings is 3. The molecule has 0 saturated carbocycles. The maximum Gasteiger partial charge on any atom is 0.186 e. The zero-order valence-electron chi connectivity index (χ0n) is 21.1. The molecule has 0 fully saturated rings. The smallest absolute Gasteiger partial charge is 0.186 e. The monoisotopic (exact) mass is 656 g/mol. The van der Waals surface area contributed by atoms with E-state index >= 15 is 0 Å². The van der Waals surface area contributed by atoms with Gasteiger partial charge in [-0.05, 0) is 57.8 Å². The molecule has 0 spiro atoms. The molecule has 6 rings (SSSR count).